The highest BCUT2D eigenvalue weighted by Gasteiger charge is 2.29. The third-order valence-corrected chi connectivity index (χ3v) is 6.56. The molecule has 0 spiro atoms. The van der Waals surface area contributed by atoms with Gasteiger partial charge in [-0.15, -0.1) is 0 Å². The molecule has 1 heterocycles. The van der Waals surface area contributed by atoms with Crippen molar-refractivity contribution in [3.63, 3.8) is 0 Å². The second-order valence-corrected chi connectivity index (χ2v) is 8.89. The number of rotatable bonds is 3. The molecule has 0 unspecified atom stereocenters. The van der Waals surface area contributed by atoms with E-state index in [0.29, 0.717) is 12.0 Å². The highest BCUT2D eigenvalue weighted by molar-refractivity contribution is 7.91. The normalized spacial score (nSPS) is 21.8. The number of carbonyl (C=O) groups excluding carboxylic acids is 2. The van der Waals surface area contributed by atoms with Crippen molar-refractivity contribution in [2.45, 2.75) is 38.5 Å². The van der Waals surface area contributed by atoms with Gasteiger partial charge in [-0.2, -0.15) is 0 Å². The summed E-state index contributed by atoms with van der Waals surface area (Å²) in [6, 6.07) is 5.64. The van der Waals surface area contributed by atoms with E-state index in [2.05, 4.69) is 10.9 Å². The summed E-state index contributed by atoms with van der Waals surface area (Å²) < 4.78 is 22.8. The minimum atomic E-state index is -2.99. The molecular formula is C17H22N2O4S. The van der Waals surface area contributed by atoms with Gasteiger partial charge >= 0.3 is 0 Å². The zero-order valence-electron chi connectivity index (χ0n) is 13.5. The Morgan fingerprint density at radius 3 is 2.54 bits per heavy atom. The smallest absolute Gasteiger partial charge is 0.269 e. The van der Waals surface area contributed by atoms with Crippen molar-refractivity contribution < 1.29 is 18.0 Å². The van der Waals surface area contributed by atoms with Crippen LogP contribution in [0.3, 0.4) is 0 Å². The predicted molar refractivity (Wildman–Crippen MR) is 90.1 cm³/mol. The molecule has 0 aromatic heterocycles. The van der Waals surface area contributed by atoms with Crippen LogP contribution in [0, 0.1) is 5.92 Å². The molecule has 1 atom stereocenters. The van der Waals surface area contributed by atoms with Crippen LogP contribution >= 0.6 is 0 Å². The van der Waals surface area contributed by atoms with E-state index >= 15 is 0 Å². The predicted octanol–water partition coefficient (Wildman–Crippen LogP) is 1.15. The molecule has 7 heteroatoms. The van der Waals surface area contributed by atoms with Crippen LogP contribution in [0.25, 0.3) is 0 Å². The van der Waals surface area contributed by atoms with E-state index in [4.69, 9.17) is 0 Å². The molecule has 0 bridgehead atoms. The number of hydrogen-bond donors (Lipinski definition) is 2. The molecule has 1 aliphatic heterocycles. The van der Waals surface area contributed by atoms with Crippen molar-refractivity contribution >= 4 is 21.7 Å². The zero-order chi connectivity index (χ0) is 17.2. The fourth-order valence-corrected chi connectivity index (χ4v) is 5.28. The molecule has 2 N–H and O–H groups in total. The second kappa shape index (κ2) is 6.93. The van der Waals surface area contributed by atoms with Gasteiger partial charge in [0.15, 0.2) is 9.84 Å². The van der Waals surface area contributed by atoms with Crippen molar-refractivity contribution in [2.24, 2.45) is 5.92 Å². The third kappa shape index (κ3) is 4.14. The lowest BCUT2D eigenvalue weighted by atomic mass is 9.90. The number of benzene rings is 1. The van der Waals surface area contributed by atoms with Gasteiger partial charge < -0.3 is 0 Å². The first-order chi connectivity index (χ1) is 11.4. The van der Waals surface area contributed by atoms with Gasteiger partial charge in [0.1, 0.15) is 0 Å². The molecule has 130 valence electrons. The van der Waals surface area contributed by atoms with Crippen LogP contribution in [0.4, 0.5) is 0 Å². The van der Waals surface area contributed by atoms with Gasteiger partial charge in [-0.05, 0) is 61.3 Å². The largest absolute Gasteiger partial charge is 0.273 e. The number of sulfone groups is 1. The molecule has 1 aromatic carbocycles. The van der Waals surface area contributed by atoms with Crippen molar-refractivity contribution in [3.8, 4) is 0 Å². The molecule has 1 aromatic rings. The number of aryl methyl sites for hydroxylation is 2. The minimum absolute atomic E-state index is 0.0548. The fourth-order valence-electron chi connectivity index (χ4n) is 3.42. The van der Waals surface area contributed by atoms with Gasteiger partial charge in [-0.25, -0.2) is 8.42 Å². The number of hydrogen-bond acceptors (Lipinski definition) is 4. The number of amides is 2. The number of hydrazine groups is 1. The summed E-state index contributed by atoms with van der Waals surface area (Å²) in [5.74, 6) is -0.666. The van der Waals surface area contributed by atoms with Gasteiger partial charge in [0.25, 0.3) is 5.91 Å². The summed E-state index contributed by atoms with van der Waals surface area (Å²) in [4.78, 5) is 24.0. The molecule has 3 rings (SSSR count). The Labute approximate surface area is 141 Å². The van der Waals surface area contributed by atoms with Gasteiger partial charge in [0.2, 0.25) is 5.91 Å². The molecule has 24 heavy (non-hydrogen) atoms. The Morgan fingerprint density at radius 2 is 1.83 bits per heavy atom. The average molecular weight is 350 g/mol. The molecule has 1 aliphatic carbocycles. The van der Waals surface area contributed by atoms with E-state index in [1.807, 2.05) is 12.1 Å². The van der Waals surface area contributed by atoms with Crippen LogP contribution < -0.4 is 10.9 Å². The van der Waals surface area contributed by atoms with E-state index in [1.54, 1.807) is 6.07 Å². The molecular weight excluding hydrogens is 328 g/mol. The summed E-state index contributed by atoms with van der Waals surface area (Å²) in [6.07, 6.45) is 4.99. The lowest BCUT2D eigenvalue weighted by Crippen LogP contribution is -2.42. The summed E-state index contributed by atoms with van der Waals surface area (Å²) in [6.45, 7) is 0. The Balaban J connectivity index is 1.51. The minimum Gasteiger partial charge on any atom is -0.273 e. The fraction of sp³-hybridized carbons (Fsp3) is 0.529. The van der Waals surface area contributed by atoms with E-state index in [1.165, 1.54) is 17.5 Å². The molecule has 2 amide bonds. The Kier molecular flexibility index (Phi) is 4.89. The van der Waals surface area contributed by atoms with E-state index in [0.717, 1.165) is 19.3 Å². The van der Waals surface area contributed by atoms with Gasteiger partial charge in [-0.3, -0.25) is 20.4 Å². The van der Waals surface area contributed by atoms with E-state index < -0.39 is 9.84 Å². The van der Waals surface area contributed by atoms with E-state index in [-0.39, 0.29) is 35.7 Å². The summed E-state index contributed by atoms with van der Waals surface area (Å²) in [5.41, 5.74) is 7.82. The van der Waals surface area contributed by atoms with Crippen molar-refractivity contribution in [2.75, 3.05) is 11.5 Å². The lowest BCUT2D eigenvalue weighted by molar-refractivity contribution is -0.122. The maximum atomic E-state index is 12.2. The topological polar surface area (TPSA) is 92.3 Å². The van der Waals surface area contributed by atoms with Crippen LogP contribution in [-0.4, -0.2) is 31.7 Å². The second-order valence-electron chi connectivity index (χ2n) is 6.67. The highest BCUT2D eigenvalue weighted by atomic mass is 32.2. The quantitative estimate of drug-likeness (QED) is 0.800. The van der Waals surface area contributed by atoms with Crippen LogP contribution in [0.5, 0.6) is 0 Å². The standard InChI is InChI=1S/C17H22N2O4S/c20-16(9-12-7-8-24(22,23)11-12)18-19-17(21)15-6-5-13-3-1-2-4-14(13)10-15/h5-6,10,12H,1-4,7-9,11H2,(H,18,20)(H,19,21)/t12-/m1/s1. The maximum absolute atomic E-state index is 12.2. The monoisotopic (exact) mass is 350 g/mol. The van der Waals surface area contributed by atoms with Crippen LogP contribution in [0.1, 0.15) is 47.2 Å². The first kappa shape index (κ1) is 17.0. The molecule has 6 nitrogen and oxygen atoms in total. The molecule has 0 saturated carbocycles. The number of fused-ring (bicyclic) bond motifs is 1. The summed E-state index contributed by atoms with van der Waals surface area (Å²) in [7, 11) is -2.99. The first-order valence-electron chi connectivity index (χ1n) is 8.34. The molecule has 2 aliphatic rings. The summed E-state index contributed by atoms with van der Waals surface area (Å²) >= 11 is 0. The maximum Gasteiger partial charge on any atom is 0.269 e. The SMILES string of the molecule is O=C(C[C@H]1CCS(=O)(=O)C1)NNC(=O)c1ccc2c(c1)CCCC2. The Bertz CT molecular complexity index is 758. The van der Waals surface area contributed by atoms with Crippen molar-refractivity contribution in [3.05, 3.63) is 34.9 Å². The first-order valence-corrected chi connectivity index (χ1v) is 10.2. The lowest BCUT2D eigenvalue weighted by Gasteiger charge is -2.16. The van der Waals surface area contributed by atoms with E-state index in [9.17, 15) is 18.0 Å². The van der Waals surface area contributed by atoms with Crippen LogP contribution in [0.15, 0.2) is 18.2 Å². The molecule has 0 radical (unpaired) electrons. The van der Waals surface area contributed by atoms with Gasteiger partial charge in [0, 0.05) is 12.0 Å². The van der Waals surface area contributed by atoms with Crippen LogP contribution in [0.2, 0.25) is 0 Å². The van der Waals surface area contributed by atoms with Crippen molar-refractivity contribution in [1.29, 1.82) is 0 Å². The van der Waals surface area contributed by atoms with Gasteiger partial charge in [-0.1, -0.05) is 6.07 Å². The number of carbonyl (C=O) groups is 2. The highest BCUT2D eigenvalue weighted by Crippen LogP contribution is 2.22. The Hall–Kier alpha value is -1.89. The van der Waals surface area contributed by atoms with Crippen molar-refractivity contribution in [1.82, 2.24) is 10.9 Å². The Morgan fingerprint density at radius 1 is 1.08 bits per heavy atom. The average Bonchev–Trinajstić information content (AvgIpc) is 2.90. The molecule has 1 saturated heterocycles. The third-order valence-electron chi connectivity index (χ3n) is 4.73. The zero-order valence-corrected chi connectivity index (χ0v) is 14.3. The van der Waals surface area contributed by atoms with Gasteiger partial charge in [0.05, 0.1) is 11.5 Å². The summed E-state index contributed by atoms with van der Waals surface area (Å²) in [5, 5.41) is 0. The molecule has 1 fully saturated rings. The number of nitrogens with one attached hydrogen (secondary N) is 2. The van der Waals surface area contributed by atoms with Crippen LogP contribution in [-0.2, 0) is 27.5 Å².